The average molecular weight is 612 g/mol. The Morgan fingerprint density at radius 1 is 0.905 bits per heavy atom. The van der Waals surface area contributed by atoms with Crippen molar-refractivity contribution >= 4 is 39.1 Å². The Morgan fingerprint density at radius 3 is 1.98 bits per heavy atom. The molecule has 0 aliphatic rings. The van der Waals surface area contributed by atoms with Crippen LogP contribution in [0.4, 0.5) is 5.69 Å². The average Bonchev–Trinajstić information content (AvgIpc) is 2.91. The highest BCUT2D eigenvalue weighted by atomic mass is 35.5. The smallest absolute Gasteiger partial charge is 0.264 e. The summed E-state index contributed by atoms with van der Waals surface area (Å²) in [6, 6.07) is 20.0. The summed E-state index contributed by atoms with van der Waals surface area (Å²) in [5.41, 5.74) is 2.59. The second kappa shape index (κ2) is 13.7. The molecule has 42 heavy (non-hydrogen) atoms. The van der Waals surface area contributed by atoms with Crippen LogP contribution in [0.15, 0.2) is 77.7 Å². The van der Waals surface area contributed by atoms with Crippen LogP contribution in [0.2, 0.25) is 5.02 Å². The lowest BCUT2D eigenvalue weighted by molar-refractivity contribution is -0.141. The topological polar surface area (TPSA) is 86.8 Å². The number of aryl methyl sites for hydroxylation is 1. The highest BCUT2D eigenvalue weighted by molar-refractivity contribution is 7.92. The number of nitrogens with zero attached hydrogens (tertiary/aromatic N) is 2. The van der Waals surface area contributed by atoms with Crippen LogP contribution >= 0.6 is 11.6 Å². The minimum Gasteiger partial charge on any atom is -0.350 e. The lowest BCUT2D eigenvalue weighted by Crippen LogP contribution is -2.55. The summed E-state index contributed by atoms with van der Waals surface area (Å²) in [4.78, 5) is 29.2. The number of hydrogen-bond donors (Lipinski definition) is 1. The monoisotopic (exact) mass is 611 g/mol. The van der Waals surface area contributed by atoms with Crippen molar-refractivity contribution in [1.82, 2.24) is 10.2 Å². The number of amides is 2. The van der Waals surface area contributed by atoms with E-state index < -0.39 is 34.1 Å². The van der Waals surface area contributed by atoms with Gasteiger partial charge in [0.1, 0.15) is 12.6 Å². The van der Waals surface area contributed by atoms with Crippen molar-refractivity contribution in [3.8, 4) is 0 Å². The first kappa shape index (κ1) is 33.1. The second-order valence-corrected chi connectivity index (χ2v) is 14.2. The summed E-state index contributed by atoms with van der Waals surface area (Å²) in [6.07, 6.45) is 0.342. The molecule has 0 aliphatic heterocycles. The molecule has 9 heteroatoms. The molecule has 3 rings (SSSR count). The zero-order valence-electron chi connectivity index (χ0n) is 25.5. The SMILES string of the molecule is CC[C@@H](C(=O)NC(C)(C)C)N(Cc1ccc(Cl)cc1)C(=O)CN(c1ccc(C(C)C)cc1)S(=O)(=O)c1ccc(C)cc1. The van der Waals surface area contributed by atoms with E-state index in [4.69, 9.17) is 11.6 Å². The number of halogens is 1. The quantitative estimate of drug-likeness (QED) is 0.262. The van der Waals surface area contributed by atoms with Gasteiger partial charge in [-0.15, -0.1) is 0 Å². The maximum Gasteiger partial charge on any atom is 0.264 e. The fourth-order valence-corrected chi connectivity index (χ4v) is 6.09. The van der Waals surface area contributed by atoms with Gasteiger partial charge in [-0.2, -0.15) is 0 Å². The molecular formula is C33H42ClN3O4S. The number of nitrogens with one attached hydrogen (secondary N) is 1. The fraction of sp³-hybridized carbons (Fsp3) is 0.394. The maximum atomic E-state index is 14.2. The molecular weight excluding hydrogens is 570 g/mol. The van der Waals surface area contributed by atoms with Crippen molar-refractivity contribution in [2.24, 2.45) is 0 Å². The van der Waals surface area contributed by atoms with Crippen molar-refractivity contribution in [2.45, 2.75) is 83.8 Å². The zero-order valence-corrected chi connectivity index (χ0v) is 27.1. The number of sulfonamides is 1. The fourth-order valence-electron chi connectivity index (χ4n) is 4.55. The zero-order chi connectivity index (χ0) is 31.2. The number of carbonyl (C=O) groups is 2. The van der Waals surface area contributed by atoms with Crippen LogP contribution < -0.4 is 9.62 Å². The molecule has 0 heterocycles. The van der Waals surface area contributed by atoms with Crippen LogP contribution in [0.1, 0.15) is 70.6 Å². The summed E-state index contributed by atoms with van der Waals surface area (Å²) in [5.74, 6) is -0.546. The van der Waals surface area contributed by atoms with Crippen LogP contribution in [-0.4, -0.2) is 43.3 Å². The van der Waals surface area contributed by atoms with E-state index in [1.807, 2.05) is 46.8 Å². The van der Waals surface area contributed by atoms with Crippen LogP contribution in [0.3, 0.4) is 0 Å². The molecule has 0 radical (unpaired) electrons. The Kier molecular flexibility index (Phi) is 10.8. The molecule has 226 valence electrons. The van der Waals surface area contributed by atoms with Crippen LogP contribution in [0, 0.1) is 6.92 Å². The molecule has 0 bridgehead atoms. The number of hydrogen-bond acceptors (Lipinski definition) is 4. The number of carbonyl (C=O) groups excluding carboxylic acids is 2. The van der Waals surface area contributed by atoms with Gasteiger partial charge in [-0.05, 0) is 87.6 Å². The molecule has 0 unspecified atom stereocenters. The molecule has 3 aromatic rings. The largest absolute Gasteiger partial charge is 0.350 e. The van der Waals surface area contributed by atoms with E-state index in [1.165, 1.54) is 4.90 Å². The third kappa shape index (κ3) is 8.58. The van der Waals surface area contributed by atoms with E-state index in [9.17, 15) is 18.0 Å². The third-order valence-electron chi connectivity index (χ3n) is 6.89. The molecule has 0 saturated carbocycles. The van der Waals surface area contributed by atoms with E-state index in [0.717, 1.165) is 21.0 Å². The van der Waals surface area contributed by atoms with Gasteiger partial charge in [-0.1, -0.05) is 74.3 Å². The standard InChI is InChI=1S/C33H42ClN3O4S/c1-8-30(32(39)35-33(5,6)7)36(21-25-11-15-27(34)16-12-25)31(38)22-37(28-17-13-26(14-18-28)23(2)3)42(40,41)29-19-9-24(4)10-20-29/h9-20,23,30H,8,21-22H2,1-7H3,(H,35,39)/t30-/m0/s1. The minimum absolute atomic E-state index is 0.0793. The van der Waals surface area contributed by atoms with Crippen molar-refractivity contribution < 1.29 is 18.0 Å². The summed E-state index contributed by atoms with van der Waals surface area (Å²) >= 11 is 6.09. The predicted octanol–water partition coefficient (Wildman–Crippen LogP) is 6.69. The van der Waals surface area contributed by atoms with Gasteiger partial charge in [0.05, 0.1) is 10.6 Å². The molecule has 2 amide bonds. The molecule has 1 atom stereocenters. The van der Waals surface area contributed by atoms with Crippen molar-refractivity contribution in [2.75, 3.05) is 10.8 Å². The molecule has 0 saturated heterocycles. The normalized spacial score (nSPS) is 12.6. The Labute approximate surface area is 255 Å². The van der Waals surface area contributed by atoms with Gasteiger partial charge in [0, 0.05) is 17.1 Å². The van der Waals surface area contributed by atoms with Crippen molar-refractivity contribution in [3.63, 3.8) is 0 Å². The van der Waals surface area contributed by atoms with Crippen LogP contribution in [-0.2, 0) is 26.2 Å². The van der Waals surface area contributed by atoms with Gasteiger partial charge < -0.3 is 10.2 Å². The summed E-state index contributed by atoms with van der Waals surface area (Å²) in [7, 11) is -4.12. The number of anilines is 1. The Balaban J connectivity index is 2.08. The first-order chi connectivity index (χ1) is 19.6. The van der Waals surface area contributed by atoms with Gasteiger partial charge in [0.25, 0.3) is 10.0 Å². The van der Waals surface area contributed by atoms with Gasteiger partial charge in [-0.3, -0.25) is 13.9 Å². The van der Waals surface area contributed by atoms with Crippen LogP contribution in [0.25, 0.3) is 0 Å². The van der Waals surface area contributed by atoms with Crippen molar-refractivity contribution in [1.29, 1.82) is 0 Å². The molecule has 0 aromatic heterocycles. The molecule has 7 nitrogen and oxygen atoms in total. The first-order valence-corrected chi connectivity index (χ1v) is 16.0. The van der Waals surface area contributed by atoms with E-state index >= 15 is 0 Å². The number of rotatable bonds is 11. The molecule has 0 fully saturated rings. The lowest BCUT2D eigenvalue weighted by Gasteiger charge is -2.34. The summed E-state index contributed by atoms with van der Waals surface area (Å²) in [6.45, 7) is 13.1. The van der Waals surface area contributed by atoms with Gasteiger partial charge >= 0.3 is 0 Å². The predicted molar refractivity (Wildman–Crippen MR) is 170 cm³/mol. The second-order valence-electron chi connectivity index (χ2n) is 11.9. The molecule has 1 N–H and O–H groups in total. The van der Waals surface area contributed by atoms with Gasteiger partial charge in [-0.25, -0.2) is 8.42 Å². The van der Waals surface area contributed by atoms with Gasteiger partial charge in [0.15, 0.2) is 0 Å². The highest BCUT2D eigenvalue weighted by Crippen LogP contribution is 2.27. The van der Waals surface area contributed by atoms with Crippen LogP contribution in [0.5, 0.6) is 0 Å². The van der Waals surface area contributed by atoms with E-state index in [1.54, 1.807) is 60.7 Å². The molecule has 0 spiro atoms. The highest BCUT2D eigenvalue weighted by Gasteiger charge is 2.34. The first-order valence-electron chi connectivity index (χ1n) is 14.2. The van der Waals surface area contributed by atoms with E-state index in [-0.39, 0.29) is 23.3 Å². The molecule has 3 aromatic carbocycles. The Hall–Kier alpha value is -3.36. The van der Waals surface area contributed by atoms with Crippen molar-refractivity contribution in [3.05, 3.63) is 94.5 Å². The van der Waals surface area contributed by atoms with Gasteiger partial charge in [0.2, 0.25) is 11.8 Å². The van der Waals surface area contributed by atoms with E-state index in [0.29, 0.717) is 17.1 Å². The summed E-state index contributed by atoms with van der Waals surface area (Å²) in [5, 5.41) is 3.53. The molecule has 0 aliphatic carbocycles. The third-order valence-corrected chi connectivity index (χ3v) is 8.93. The Morgan fingerprint density at radius 2 is 1.48 bits per heavy atom. The lowest BCUT2D eigenvalue weighted by atomic mass is 10.0. The maximum absolute atomic E-state index is 14.2. The summed E-state index contributed by atoms with van der Waals surface area (Å²) < 4.78 is 29.2. The Bertz CT molecular complexity index is 1460. The number of benzene rings is 3. The minimum atomic E-state index is -4.12. The van der Waals surface area contributed by atoms with E-state index in [2.05, 4.69) is 19.2 Å².